The molecule has 0 saturated carbocycles. The van der Waals surface area contributed by atoms with Crippen LogP contribution in [0.15, 0.2) is 12.4 Å². The molecule has 0 unspecified atom stereocenters. The summed E-state index contributed by atoms with van der Waals surface area (Å²) in [6, 6.07) is 0.165. The lowest BCUT2D eigenvalue weighted by molar-refractivity contribution is 0.0293. The largest absolute Gasteiger partial charge is 0.444 e. The zero-order valence-electron chi connectivity index (χ0n) is 14.8. The van der Waals surface area contributed by atoms with E-state index in [0.717, 1.165) is 18.4 Å². The fourth-order valence-electron chi connectivity index (χ4n) is 2.56. The fourth-order valence-corrected chi connectivity index (χ4v) is 2.56. The van der Waals surface area contributed by atoms with E-state index >= 15 is 0 Å². The molecule has 0 aliphatic carbocycles. The molecule has 1 fully saturated rings. The van der Waals surface area contributed by atoms with Crippen LogP contribution in [-0.4, -0.2) is 45.7 Å². The average Bonchev–Trinajstić information content (AvgIpc) is 2.87. The van der Waals surface area contributed by atoms with Gasteiger partial charge in [-0.2, -0.15) is 0 Å². The molecule has 1 amide bonds. The first kappa shape index (κ1) is 17.5. The number of ether oxygens (including phenoxy) is 1. The Hall–Kier alpha value is -1.85. The van der Waals surface area contributed by atoms with Gasteiger partial charge >= 0.3 is 6.09 Å². The number of likely N-dealkylation sites (tertiary alicyclic amines) is 1. The van der Waals surface area contributed by atoms with E-state index in [9.17, 15) is 4.79 Å². The summed E-state index contributed by atoms with van der Waals surface area (Å²) in [6.45, 7) is 11.3. The lowest BCUT2D eigenvalue weighted by atomic mass is 10.1. The molecule has 2 heterocycles. The van der Waals surface area contributed by atoms with Crippen molar-refractivity contribution < 1.29 is 9.53 Å². The maximum absolute atomic E-state index is 12.1. The molecule has 1 aromatic rings. The summed E-state index contributed by atoms with van der Waals surface area (Å²) in [5, 5.41) is 3.30. The molecule has 6 nitrogen and oxygen atoms in total. The van der Waals surface area contributed by atoms with Crippen LogP contribution < -0.4 is 5.32 Å². The number of aromatic nitrogens is 2. The first-order valence-electron chi connectivity index (χ1n) is 8.28. The summed E-state index contributed by atoms with van der Waals surface area (Å²) in [5.41, 5.74) is 0.685. The molecule has 0 bridgehead atoms. The minimum absolute atomic E-state index is 0.165. The van der Waals surface area contributed by atoms with Gasteiger partial charge in [-0.1, -0.05) is 13.8 Å². The Bertz CT molecular complexity index is 522. The fraction of sp³-hybridized carbons (Fsp3) is 0.706. The van der Waals surface area contributed by atoms with Gasteiger partial charge in [-0.3, -0.25) is 0 Å². The van der Waals surface area contributed by atoms with Crippen molar-refractivity contribution in [3.05, 3.63) is 18.0 Å². The van der Waals surface area contributed by atoms with Crippen LogP contribution in [0.3, 0.4) is 0 Å². The predicted molar refractivity (Wildman–Crippen MR) is 90.4 cm³/mol. The van der Waals surface area contributed by atoms with Gasteiger partial charge in [0.1, 0.15) is 5.60 Å². The van der Waals surface area contributed by atoms with E-state index in [2.05, 4.69) is 29.1 Å². The third kappa shape index (κ3) is 5.69. The first-order valence-corrected chi connectivity index (χ1v) is 8.28. The highest BCUT2D eigenvalue weighted by atomic mass is 16.6. The quantitative estimate of drug-likeness (QED) is 0.923. The highest BCUT2D eigenvalue weighted by Crippen LogP contribution is 2.17. The molecule has 128 valence electrons. The van der Waals surface area contributed by atoms with Crippen molar-refractivity contribution in [1.82, 2.24) is 14.9 Å². The molecule has 1 N–H and O–H groups in total. The minimum Gasteiger partial charge on any atom is -0.444 e. The standard InChI is InChI=1S/C17H28N4O2/c1-12(2)8-13-9-18-15(19-10-13)20-14-6-7-21(11-14)16(22)23-17(3,4)5/h9-10,12,14H,6-8,11H2,1-5H3,(H,18,19,20)/t14-/m0/s1. The van der Waals surface area contributed by atoms with Gasteiger partial charge in [0.25, 0.3) is 0 Å². The third-order valence-electron chi connectivity index (χ3n) is 3.52. The van der Waals surface area contributed by atoms with Crippen LogP contribution in [0, 0.1) is 5.92 Å². The van der Waals surface area contributed by atoms with Crippen LogP contribution in [-0.2, 0) is 11.2 Å². The van der Waals surface area contributed by atoms with Gasteiger partial charge in [-0.15, -0.1) is 0 Å². The molecule has 0 aromatic carbocycles. The van der Waals surface area contributed by atoms with Crippen molar-refractivity contribution in [3.63, 3.8) is 0 Å². The molecular formula is C17H28N4O2. The summed E-state index contributed by atoms with van der Waals surface area (Å²) in [4.78, 5) is 22.5. The Morgan fingerprint density at radius 1 is 1.39 bits per heavy atom. The summed E-state index contributed by atoms with van der Waals surface area (Å²) >= 11 is 0. The van der Waals surface area contributed by atoms with E-state index in [4.69, 9.17) is 4.74 Å². The summed E-state index contributed by atoms with van der Waals surface area (Å²) < 4.78 is 5.40. The number of nitrogens with zero attached hydrogens (tertiary/aromatic N) is 3. The van der Waals surface area contributed by atoms with Crippen molar-refractivity contribution in [2.45, 2.75) is 59.1 Å². The molecule has 0 spiro atoms. The van der Waals surface area contributed by atoms with Crippen molar-refractivity contribution in [1.29, 1.82) is 0 Å². The molecule has 1 aromatic heterocycles. The summed E-state index contributed by atoms with van der Waals surface area (Å²) in [5.74, 6) is 1.21. The van der Waals surface area contributed by atoms with Crippen LogP contribution in [0.2, 0.25) is 0 Å². The van der Waals surface area contributed by atoms with E-state index in [-0.39, 0.29) is 12.1 Å². The summed E-state index contributed by atoms with van der Waals surface area (Å²) in [7, 11) is 0. The van der Waals surface area contributed by atoms with Crippen molar-refractivity contribution in [3.8, 4) is 0 Å². The Balaban J connectivity index is 1.84. The van der Waals surface area contributed by atoms with E-state index in [1.807, 2.05) is 33.2 Å². The van der Waals surface area contributed by atoms with Gasteiger partial charge in [0.15, 0.2) is 0 Å². The van der Waals surface area contributed by atoms with Gasteiger partial charge in [0, 0.05) is 31.5 Å². The van der Waals surface area contributed by atoms with E-state index in [0.29, 0.717) is 25.0 Å². The topological polar surface area (TPSA) is 67.4 Å². The molecule has 1 saturated heterocycles. The molecule has 1 aliphatic rings. The number of anilines is 1. The second kappa shape index (κ2) is 7.15. The zero-order chi connectivity index (χ0) is 17.0. The number of hydrogen-bond acceptors (Lipinski definition) is 5. The van der Waals surface area contributed by atoms with E-state index in [1.54, 1.807) is 4.90 Å². The minimum atomic E-state index is -0.460. The number of hydrogen-bond donors (Lipinski definition) is 1. The lowest BCUT2D eigenvalue weighted by Crippen LogP contribution is -2.36. The van der Waals surface area contributed by atoms with Crippen LogP contribution in [0.25, 0.3) is 0 Å². The molecular weight excluding hydrogens is 292 g/mol. The number of carbonyl (C=O) groups excluding carboxylic acids is 1. The van der Waals surface area contributed by atoms with Gasteiger partial charge in [0.05, 0.1) is 0 Å². The van der Waals surface area contributed by atoms with Gasteiger partial charge in [-0.05, 0) is 45.1 Å². The SMILES string of the molecule is CC(C)Cc1cnc(N[C@H]2CCN(C(=O)OC(C)(C)C)C2)nc1. The zero-order valence-corrected chi connectivity index (χ0v) is 14.8. The maximum Gasteiger partial charge on any atom is 0.410 e. The first-order chi connectivity index (χ1) is 10.7. The number of rotatable bonds is 4. The Kier molecular flexibility index (Phi) is 5.44. The molecule has 1 atom stereocenters. The van der Waals surface area contributed by atoms with Gasteiger partial charge < -0.3 is 15.0 Å². The van der Waals surface area contributed by atoms with Crippen molar-refractivity contribution in [2.75, 3.05) is 18.4 Å². The number of carbonyl (C=O) groups is 1. The van der Waals surface area contributed by atoms with Crippen LogP contribution >= 0.6 is 0 Å². The van der Waals surface area contributed by atoms with Crippen LogP contribution in [0.5, 0.6) is 0 Å². The maximum atomic E-state index is 12.1. The van der Waals surface area contributed by atoms with Crippen LogP contribution in [0.1, 0.15) is 46.6 Å². The van der Waals surface area contributed by atoms with Crippen molar-refractivity contribution >= 4 is 12.0 Å². The van der Waals surface area contributed by atoms with E-state index < -0.39 is 5.60 Å². The smallest absolute Gasteiger partial charge is 0.410 e. The molecule has 6 heteroatoms. The second-order valence-electron chi connectivity index (χ2n) is 7.57. The Labute approximate surface area is 138 Å². The Morgan fingerprint density at radius 2 is 2.04 bits per heavy atom. The molecule has 1 aliphatic heterocycles. The van der Waals surface area contributed by atoms with Gasteiger partial charge in [-0.25, -0.2) is 14.8 Å². The normalized spacial score (nSPS) is 18.3. The monoisotopic (exact) mass is 320 g/mol. The van der Waals surface area contributed by atoms with Crippen molar-refractivity contribution in [2.24, 2.45) is 5.92 Å². The predicted octanol–water partition coefficient (Wildman–Crippen LogP) is 3.10. The van der Waals surface area contributed by atoms with E-state index in [1.165, 1.54) is 0 Å². The average molecular weight is 320 g/mol. The molecule has 2 rings (SSSR count). The highest BCUT2D eigenvalue weighted by Gasteiger charge is 2.30. The summed E-state index contributed by atoms with van der Waals surface area (Å²) in [6.07, 6.45) is 5.34. The number of amides is 1. The second-order valence-corrected chi connectivity index (χ2v) is 7.57. The lowest BCUT2D eigenvalue weighted by Gasteiger charge is -2.24. The van der Waals surface area contributed by atoms with Crippen LogP contribution in [0.4, 0.5) is 10.7 Å². The highest BCUT2D eigenvalue weighted by molar-refractivity contribution is 5.68. The Morgan fingerprint density at radius 3 is 2.61 bits per heavy atom. The molecule has 0 radical (unpaired) electrons. The third-order valence-corrected chi connectivity index (χ3v) is 3.52. The molecule has 23 heavy (non-hydrogen) atoms. The van der Waals surface area contributed by atoms with Gasteiger partial charge in [0.2, 0.25) is 5.95 Å². The number of nitrogens with one attached hydrogen (secondary N) is 1.